The topological polar surface area (TPSA) is 118 Å². The number of sulfonamides is 1. The van der Waals surface area contributed by atoms with Crippen LogP contribution >= 0.6 is 0 Å². The first-order valence-electron chi connectivity index (χ1n) is 7.26. The average Bonchev–Trinajstić information content (AvgIpc) is 2.52. The molecule has 8 nitrogen and oxygen atoms in total. The van der Waals surface area contributed by atoms with E-state index in [0.29, 0.717) is 16.7 Å². The molecule has 2 N–H and O–H groups in total. The molecular weight excluding hydrogens is 346 g/mol. The Bertz CT molecular complexity index is 954. The van der Waals surface area contributed by atoms with Crippen LogP contribution < -0.4 is 10.3 Å². The summed E-state index contributed by atoms with van der Waals surface area (Å²) < 4.78 is 24.5. The quantitative estimate of drug-likeness (QED) is 0.623. The lowest BCUT2D eigenvalue weighted by molar-refractivity contribution is -0.385. The van der Waals surface area contributed by atoms with Crippen molar-refractivity contribution in [2.24, 2.45) is 0 Å². The van der Waals surface area contributed by atoms with Gasteiger partial charge in [0.25, 0.3) is 21.6 Å². The van der Waals surface area contributed by atoms with Crippen molar-refractivity contribution in [1.29, 1.82) is 0 Å². The Morgan fingerprint density at radius 1 is 1.04 bits per heavy atom. The summed E-state index contributed by atoms with van der Waals surface area (Å²) in [5.41, 5.74) is 4.13. The first-order valence-corrected chi connectivity index (χ1v) is 8.74. The second-order valence-electron chi connectivity index (χ2n) is 5.58. The highest BCUT2D eigenvalue weighted by Crippen LogP contribution is 2.21. The number of nitrogens with one attached hydrogen (secondary N) is 2. The summed E-state index contributed by atoms with van der Waals surface area (Å²) in [6.07, 6.45) is 0. The monoisotopic (exact) mass is 363 g/mol. The van der Waals surface area contributed by atoms with Gasteiger partial charge in [0.05, 0.1) is 9.82 Å². The number of aryl methyl sites for hydroxylation is 3. The molecule has 9 heteroatoms. The predicted molar refractivity (Wildman–Crippen MR) is 91.5 cm³/mol. The van der Waals surface area contributed by atoms with Gasteiger partial charge >= 0.3 is 0 Å². The summed E-state index contributed by atoms with van der Waals surface area (Å²) in [4.78, 5) is 24.0. The van der Waals surface area contributed by atoms with Crippen molar-refractivity contribution in [2.75, 3.05) is 0 Å². The van der Waals surface area contributed by atoms with Crippen molar-refractivity contribution in [2.45, 2.75) is 25.7 Å². The lowest BCUT2D eigenvalue weighted by atomic mass is 10.1. The fraction of sp³-hybridized carbons (Fsp3) is 0.188. The second-order valence-corrected chi connectivity index (χ2v) is 7.27. The highest BCUT2D eigenvalue weighted by molar-refractivity contribution is 7.89. The smallest absolute Gasteiger partial charge is 0.273 e. The molecular formula is C16H17N3O5S. The van der Waals surface area contributed by atoms with Gasteiger partial charge in [0.2, 0.25) is 0 Å². The number of hydrogen-bond donors (Lipinski definition) is 2. The maximum atomic E-state index is 12.2. The van der Waals surface area contributed by atoms with Gasteiger partial charge in [-0.15, -0.1) is 4.83 Å². The van der Waals surface area contributed by atoms with E-state index >= 15 is 0 Å². The van der Waals surface area contributed by atoms with Gasteiger partial charge in [-0.1, -0.05) is 23.8 Å². The number of nitro groups is 1. The third kappa shape index (κ3) is 4.20. The molecule has 0 saturated heterocycles. The van der Waals surface area contributed by atoms with Crippen LogP contribution in [-0.2, 0) is 10.0 Å². The van der Waals surface area contributed by atoms with Crippen molar-refractivity contribution in [3.8, 4) is 0 Å². The Hall–Kier alpha value is -2.78. The van der Waals surface area contributed by atoms with Gasteiger partial charge in [-0.2, -0.15) is 0 Å². The Kier molecular flexibility index (Phi) is 5.19. The molecule has 0 bridgehead atoms. The molecule has 2 aromatic carbocycles. The molecule has 25 heavy (non-hydrogen) atoms. The van der Waals surface area contributed by atoms with Crippen LogP contribution in [0.1, 0.15) is 27.0 Å². The van der Waals surface area contributed by atoms with Crippen molar-refractivity contribution in [3.63, 3.8) is 0 Å². The van der Waals surface area contributed by atoms with Gasteiger partial charge < -0.3 is 0 Å². The molecule has 2 rings (SSSR count). The molecule has 0 aliphatic carbocycles. The van der Waals surface area contributed by atoms with Gasteiger partial charge in [-0.3, -0.25) is 20.3 Å². The molecule has 0 radical (unpaired) electrons. The number of benzene rings is 2. The fourth-order valence-electron chi connectivity index (χ4n) is 2.26. The minimum atomic E-state index is -4.14. The number of nitrogens with zero attached hydrogens (tertiary/aromatic N) is 1. The van der Waals surface area contributed by atoms with Crippen molar-refractivity contribution < 1.29 is 18.1 Å². The summed E-state index contributed by atoms with van der Waals surface area (Å²) in [7, 11) is -4.14. The van der Waals surface area contributed by atoms with Gasteiger partial charge in [-0.05, 0) is 38.5 Å². The summed E-state index contributed by atoms with van der Waals surface area (Å²) in [5, 5.41) is 10.9. The lowest BCUT2D eigenvalue weighted by Crippen LogP contribution is -2.41. The lowest BCUT2D eigenvalue weighted by Gasteiger charge is -2.10. The first-order chi connectivity index (χ1) is 11.6. The molecule has 0 unspecified atom stereocenters. The zero-order chi connectivity index (χ0) is 18.8. The molecule has 2 aromatic rings. The number of amides is 1. The van der Waals surface area contributed by atoms with E-state index in [1.807, 2.05) is 11.8 Å². The van der Waals surface area contributed by atoms with Gasteiger partial charge in [-0.25, -0.2) is 8.42 Å². The van der Waals surface area contributed by atoms with Crippen LogP contribution in [-0.4, -0.2) is 19.2 Å². The summed E-state index contributed by atoms with van der Waals surface area (Å²) in [5.74, 6) is -0.623. The number of hydrazine groups is 1. The Balaban J connectivity index is 2.20. The van der Waals surface area contributed by atoms with Crippen LogP contribution in [0.3, 0.4) is 0 Å². The molecule has 0 atom stereocenters. The van der Waals surface area contributed by atoms with E-state index in [4.69, 9.17) is 0 Å². The van der Waals surface area contributed by atoms with Gasteiger partial charge in [0.1, 0.15) is 0 Å². The minimum absolute atomic E-state index is 0.314. The third-order valence-electron chi connectivity index (χ3n) is 3.61. The second kappa shape index (κ2) is 6.99. The molecule has 0 aromatic heterocycles. The minimum Gasteiger partial charge on any atom is -0.273 e. The van der Waals surface area contributed by atoms with Gasteiger partial charge in [0.15, 0.2) is 0 Å². The highest BCUT2D eigenvalue weighted by atomic mass is 32.2. The number of carbonyl (C=O) groups is 1. The van der Waals surface area contributed by atoms with Crippen LogP contribution in [0.4, 0.5) is 5.69 Å². The maximum absolute atomic E-state index is 12.2. The van der Waals surface area contributed by atoms with E-state index in [0.717, 1.165) is 11.6 Å². The maximum Gasteiger partial charge on any atom is 0.273 e. The average molecular weight is 363 g/mol. The summed E-state index contributed by atoms with van der Waals surface area (Å²) >= 11 is 0. The molecule has 0 saturated carbocycles. The van der Waals surface area contributed by atoms with Crippen molar-refractivity contribution >= 4 is 21.6 Å². The fourth-order valence-corrected chi connectivity index (χ4v) is 3.12. The SMILES string of the molecule is Cc1ccc(C(=O)NNS(=O)(=O)c2ccc(C)c([N+](=O)[O-])c2)c(C)c1. The Labute approximate surface area is 145 Å². The molecule has 0 heterocycles. The Morgan fingerprint density at radius 2 is 1.72 bits per heavy atom. The molecule has 0 aliphatic heterocycles. The number of nitro benzene ring substituents is 1. The van der Waals surface area contributed by atoms with Crippen molar-refractivity contribution in [1.82, 2.24) is 10.3 Å². The van der Waals surface area contributed by atoms with E-state index in [1.54, 1.807) is 25.1 Å². The zero-order valence-electron chi connectivity index (χ0n) is 13.9. The van der Waals surface area contributed by atoms with Crippen LogP contribution in [0.2, 0.25) is 0 Å². The summed E-state index contributed by atoms with van der Waals surface area (Å²) in [6.45, 7) is 5.12. The largest absolute Gasteiger partial charge is 0.273 e. The van der Waals surface area contributed by atoms with Gasteiger partial charge in [0, 0.05) is 17.2 Å². The normalized spacial score (nSPS) is 11.2. The zero-order valence-corrected chi connectivity index (χ0v) is 14.7. The Morgan fingerprint density at radius 3 is 2.32 bits per heavy atom. The number of rotatable bonds is 5. The van der Waals surface area contributed by atoms with Crippen LogP contribution in [0.15, 0.2) is 41.3 Å². The third-order valence-corrected chi connectivity index (χ3v) is 4.86. The summed E-state index contributed by atoms with van der Waals surface area (Å²) in [6, 6.07) is 8.63. The predicted octanol–water partition coefficient (Wildman–Crippen LogP) is 2.14. The molecule has 0 spiro atoms. The molecule has 1 amide bonds. The van der Waals surface area contributed by atoms with E-state index in [-0.39, 0.29) is 10.6 Å². The first kappa shape index (κ1) is 18.6. The van der Waals surface area contributed by atoms with E-state index in [9.17, 15) is 23.3 Å². The molecule has 0 fully saturated rings. The molecule has 132 valence electrons. The number of carbonyl (C=O) groups excluding carboxylic acids is 1. The highest BCUT2D eigenvalue weighted by Gasteiger charge is 2.21. The van der Waals surface area contributed by atoms with E-state index < -0.39 is 20.9 Å². The molecule has 0 aliphatic rings. The van der Waals surface area contributed by atoms with Crippen LogP contribution in [0, 0.1) is 30.9 Å². The standard InChI is InChI=1S/C16H17N3O5S/c1-10-4-7-14(12(3)8-10)16(20)17-18-25(23,24)13-6-5-11(2)15(9-13)19(21)22/h4-9,18H,1-3H3,(H,17,20). The van der Waals surface area contributed by atoms with Crippen molar-refractivity contribution in [3.05, 3.63) is 68.8 Å². The number of hydrogen-bond acceptors (Lipinski definition) is 5. The van der Waals surface area contributed by atoms with Crippen LogP contribution in [0.5, 0.6) is 0 Å². The van der Waals surface area contributed by atoms with E-state index in [2.05, 4.69) is 5.43 Å². The van der Waals surface area contributed by atoms with E-state index in [1.165, 1.54) is 19.1 Å². The van der Waals surface area contributed by atoms with Crippen LogP contribution in [0.25, 0.3) is 0 Å².